The van der Waals surface area contributed by atoms with Crippen LogP contribution in [0.15, 0.2) is 42.5 Å². The largest absolute Gasteiger partial charge is 0.497 e. The molecule has 5 nitrogen and oxygen atoms in total. The van der Waals surface area contributed by atoms with Crippen LogP contribution in [0.25, 0.3) is 11.1 Å². The summed E-state index contributed by atoms with van der Waals surface area (Å²) in [4.78, 5) is 26.1. The smallest absolute Gasteiger partial charge is 0.254 e. The summed E-state index contributed by atoms with van der Waals surface area (Å²) >= 11 is 0. The van der Waals surface area contributed by atoms with Crippen LogP contribution in [-0.4, -0.2) is 36.4 Å². The van der Waals surface area contributed by atoms with Gasteiger partial charge in [0.2, 0.25) is 5.91 Å². The highest BCUT2D eigenvalue weighted by Crippen LogP contribution is 2.28. The highest BCUT2D eigenvalue weighted by molar-refractivity contribution is 5.95. The second-order valence-electron chi connectivity index (χ2n) is 7.08. The topological polar surface area (TPSA) is 72.6 Å². The minimum absolute atomic E-state index is 0.0287. The van der Waals surface area contributed by atoms with Gasteiger partial charge < -0.3 is 15.4 Å². The van der Waals surface area contributed by atoms with Crippen molar-refractivity contribution in [2.45, 2.75) is 38.6 Å². The number of methoxy groups -OCH3 is 1. The fourth-order valence-electron chi connectivity index (χ4n) is 3.76. The lowest BCUT2D eigenvalue weighted by molar-refractivity contribution is -0.119. The lowest BCUT2D eigenvalue weighted by Gasteiger charge is -2.35. The summed E-state index contributed by atoms with van der Waals surface area (Å²) in [6.07, 6.45) is 3.05. The van der Waals surface area contributed by atoms with Crippen LogP contribution in [0.1, 0.15) is 41.6 Å². The number of hydrogen-bond donors (Lipinski definition) is 1. The number of piperidine rings is 1. The van der Waals surface area contributed by atoms with Crippen LogP contribution in [0.4, 0.5) is 0 Å². The molecule has 27 heavy (non-hydrogen) atoms. The third-order valence-corrected chi connectivity index (χ3v) is 5.20. The van der Waals surface area contributed by atoms with Gasteiger partial charge in [-0.1, -0.05) is 18.2 Å². The van der Waals surface area contributed by atoms with Gasteiger partial charge in [-0.05, 0) is 67.1 Å². The molecule has 1 aliphatic heterocycles. The molecule has 0 bridgehead atoms. The van der Waals surface area contributed by atoms with Crippen molar-refractivity contribution in [3.05, 3.63) is 53.6 Å². The summed E-state index contributed by atoms with van der Waals surface area (Å²) in [5.41, 5.74) is 9.28. The van der Waals surface area contributed by atoms with Crippen LogP contribution in [0.3, 0.4) is 0 Å². The fourth-order valence-corrected chi connectivity index (χ4v) is 3.76. The van der Waals surface area contributed by atoms with Crippen molar-refractivity contribution in [3.63, 3.8) is 0 Å². The van der Waals surface area contributed by atoms with Gasteiger partial charge in [0.1, 0.15) is 5.75 Å². The van der Waals surface area contributed by atoms with Crippen molar-refractivity contribution in [2.24, 2.45) is 5.73 Å². The van der Waals surface area contributed by atoms with Crippen LogP contribution in [0.5, 0.6) is 5.75 Å². The molecule has 0 saturated carbocycles. The molecule has 0 aliphatic carbocycles. The van der Waals surface area contributed by atoms with Gasteiger partial charge in [0.05, 0.1) is 7.11 Å². The number of likely N-dealkylation sites (tertiary alicyclic amines) is 1. The molecular weight excluding hydrogens is 340 g/mol. The van der Waals surface area contributed by atoms with E-state index in [0.29, 0.717) is 12.1 Å². The molecule has 1 fully saturated rings. The normalized spacial score (nSPS) is 16.8. The van der Waals surface area contributed by atoms with E-state index >= 15 is 0 Å². The van der Waals surface area contributed by atoms with Gasteiger partial charge in [0, 0.05) is 24.6 Å². The molecule has 2 aromatic rings. The van der Waals surface area contributed by atoms with Gasteiger partial charge in [-0.25, -0.2) is 0 Å². The number of nitrogens with two attached hydrogens (primary N) is 1. The summed E-state index contributed by atoms with van der Waals surface area (Å²) < 4.78 is 5.26. The Balaban J connectivity index is 1.80. The van der Waals surface area contributed by atoms with Crippen LogP contribution >= 0.6 is 0 Å². The molecule has 0 radical (unpaired) electrons. The highest BCUT2D eigenvalue weighted by atomic mass is 16.5. The fraction of sp³-hybridized carbons (Fsp3) is 0.364. The number of amides is 2. The number of aryl methyl sites for hydroxylation is 1. The first-order valence-corrected chi connectivity index (χ1v) is 9.34. The van der Waals surface area contributed by atoms with Crippen LogP contribution in [-0.2, 0) is 4.79 Å². The SMILES string of the molecule is COc1ccc(-c2ccc(C(=O)N3CCCC[C@@H]3CC(N)=O)cc2)c(C)c1. The van der Waals surface area contributed by atoms with Gasteiger partial charge in [0.15, 0.2) is 0 Å². The zero-order valence-electron chi connectivity index (χ0n) is 15.9. The number of hydrogen-bond acceptors (Lipinski definition) is 3. The molecule has 142 valence electrons. The maximum Gasteiger partial charge on any atom is 0.254 e. The Labute approximate surface area is 160 Å². The number of nitrogens with zero attached hydrogens (tertiary/aromatic N) is 1. The highest BCUT2D eigenvalue weighted by Gasteiger charge is 2.28. The van der Waals surface area contributed by atoms with Gasteiger partial charge in [-0.3, -0.25) is 9.59 Å². The van der Waals surface area contributed by atoms with Crippen LogP contribution in [0.2, 0.25) is 0 Å². The molecule has 0 spiro atoms. The molecular formula is C22H26N2O3. The molecule has 2 N–H and O–H groups in total. The third kappa shape index (κ3) is 4.30. The van der Waals surface area contributed by atoms with E-state index in [1.54, 1.807) is 7.11 Å². The van der Waals surface area contributed by atoms with Gasteiger partial charge in [-0.15, -0.1) is 0 Å². The minimum Gasteiger partial charge on any atom is -0.497 e. The average molecular weight is 366 g/mol. The number of benzene rings is 2. The number of primary amides is 1. The van der Waals surface area contributed by atoms with Gasteiger partial charge >= 0.3 is 0 Å². The molecule has 0 aromatic heterocycles. The minimum atomic E-state index is -0.356. The zero-order chi connectivity index (χ0) is 19.4. The molecule has 3 rings (SSSR count). The van der Waals surface area contributed by atoms with Crippen LogP contribution in [0, 0.1) is 6.92 Å². The Morgan fingerprint density at radius 1 is 1.15 bits per heavy atom. The first kappa shape index (κ1) is 19.0. The quantitative estimate of drug-likeness (QED) is 0.880. The third-order valence-electron chi connectivity index (χ3n) is 5.20. The second-order valence-corrected chi connectivity index (χ2v) is 7.08. The van der Waals surface area contributed by atoms with E-state index in [9.17, 15) is 9.59 Å². The summed E-state index contributed by atoms with van der Waals surface area (Å²) in [5.74, 6) is 0.442. The second kappa shape index (κ2) is 8.25. The Morgan fingerprint density at radius 3 is 2.52 bits per heavy atom. The van der Waals surface area contributed by atoms with Crippen molar-refractivity contribution in [1.29, 1.82) is 0 Å². The molecule has 1 aliphatic rings. The maximum absolute atomic E-state index is 12.9. The lowest BCUT2D eigenvalue weighted by Crippen LogP contribution is -2.45. The Bertz CT molecular complexity index is 830. The predicted octanol–water partition coefficient (Wildman–Crippen LogP) is 3.54. The average Bonchev–Trinajstić information content (AvgIpc) is 2.67. The van der Waals surface area contributed by atoms with Crippen molar-refractivity contribution in [3.8, 4) is 16.9 Å². The Morgan fingerprint density at radius 2 is 1.89 bits per heavy atom. The van der Waals surface area contributed by atoms with E-state index in [4.69, 9.17) is 10.5 Å². The van der Waals surface area contributed by atoms with E-state index < -0.39 is 0 Å². The molecule has 2 aromatic carbocycles. The van der Waals surface area contributed by atoms with E-state index in [2.05, 4.69) is 0 Å². The lowest BCUT2D eigenvalue weighted by atomic mass is 9.96. The first-order valence-electron chi connectivity index (χ1n) is 9.34. The number of ether oxygens (including phenoxy) is 1. The Kier molecular flexibility index (Phi) is 5.79. The summed E-state index contributed by atoms with van der Waals surface area (Å²) in [7, 11) is 1.65. The summed E-state index contributed by atoms with van der Waals surface area (Å²) in [5, 5.41) is 0. The molecule has 1 saturated heterocycles. The van der Waals surface area contributed by atoms with Crippen molar-refractivity contribution in [2.75, 3.05) is 13.7 Å². The van der Waals surface area contributed by atoms with Gasteiger partial charge in [-0.2, -0.15) is 0 Å². The van der Waals surface area contributed by atoms with Gasteiger partial charge in [0.25, 0.3) is 5.91 Å². The monoisotopic (exact) mass is 366 g/mol. The van der Waals surface area contributed by atoms with Crippen molar-refractivity contribution >= 4 is 11.8 Å². The van der Waals surface area contributed by atoms with E-state index in [1.165, 1.54) is 0 Å². The predicted molar refractivity (Wildman–Crippen MR) is 106 cm³/mol. The number of carbonyl (C=O) groups is 2. The van der Waals surface area contributed by atoms with E-state index in [1.807, 2.05) is 54.3 Å². The molecule has 1 heterocycles. The molecule has 1 atom stereocenters. The molecule has 2 amide bonds. The van der Waals surface area contributed by atoms with E-state index in [0.717, 1.165) is 41.7 Å². The zero-order valence-corrected chi connectivity index (χ0v) is 15.9. The van der Waals surface area contributed by atoms with Crippen molar-refractivity contribution in [1.82, 2.24) is 4.90 Å². The van der Waals surface area contributed by atoms with Crippen molar-refractivity contribution < 1.29 is 14.3 Å². The maximum atomic E-state index is 12.9. The standard InChI is InChI=1S/C22H26N2O3/c1-15-13-19(27-2)10-11-20(15)16-6-8-17(9-7-16)22(26)24-12-4-3-5-18(24)14-21(23)25/h6-11,13,18H,3-5,12,14H2,1-2H3,(H2,23,25)/t18-/m1/s1. The Hall–Kier alpha value is -2.82. The molecule has 5 heteroatoms. The van der Waals surface area contributed by atoms with Crippen LogP contribution < -0.4 is 10.5 Å². The first-order chi connectivity index (χ1) is 13.0. The molecule has 0 unspecified atom stereocenters. The number of rotatable bonds is 5. The summed E-state index contributed by atoms with van der Waals surface area (Å²) in [6, 6.07) is 13.5. The number of carbonyl (C=O) groups excluding carboxylic acids is 2. The van der Waals surface area contributed by atoms with E-state index in [-0.39, 0.29) is 24.3 Å². The summed E-state index contributed by atoms with van der Waals surface area (Å²) in [6.45, 7) is 2.72.